The first-order valence-electron chi connectivity index (χ1n) is 6.35. The lowest BCUT2D eigenvalue weighted by Gasteiger charge is -2.24. The molecule has 0 amide bonds. The molecule has 1 rings (SSSR count). The molecule has 0 aliphatic carbocycles. The average Bonchev–Trinajstić information content (AvgIpc) is 2.34. The fourth-order valence-electron chi connectivity index (χ4n) is 1.45. The Bertz CT molecular complexity index is 400. The standard InChI is InChI=1S/C12H22ClN5O/c1-5-14-10-16-9(13)17-11(18-10)15-8-12(2,3)6-7-19-4/h5-8H2,1-4H3,(H2,14,15,16,17,18). The second kappa shape index (κ2) is 7.45. The summed E-state index contributed by atoms with van der Waals surface area (Å²) in [5.41, 5.74) is 0.0907. The fraction of sp³-hybridized carbons (Fsp3) is 0.750. The molecule has 0 saturated heterocycles. The van der Waals surface area contributed by atoms with Gasteiger partial charge in [-0.3, -0.25) is 0 Å². The summed E-state index contributed by atoms with van der Waals surface area (Å²) in [4.78, 5) is 12.3. The van der Waals surface area contributed by atoms with Crippen molar-refractivity contribution in [3.63, 3.8) is 0 Å². The fourth-order valence-corrected chi connectivity index (χ4v) is 1.61. The lowest BCUT2D eigenvalue weighted by Crippen LogP contribution is -2.25. The molecule has 0 radical (unpaired) electrons. The number of ether oxygens (including phenoxy) is 1. The van der Waals surface area contributed by atoms with Crippen molar-refractivity contribution in [2.24, 2.45) is 5.41 Å². The summed E-state index contributed by atoms with van der Waals surface area (Å²) in [6, 6.07) is 0. The highest BCUT2D eigenvalue weighted by atomic mass is 35.5. The zero-order valence-corrected chi connectivity index (χ0v) is 12.7. The van der Waals surface area contributed by atoms with E-state index in [1.54, 1.807) is 7.11 Å². The minimum Gasteiger partial charge on any atom is -0.385 e. The molecule has 7 heteroatoms. The van der Waals surface area contributed by atoms with E-state index in [-0.39, 0.29) is 10.7 Å². The molecule has 2 N–H and O–H groups in total. The van der Waals surface area contributed by atoms with Crippen LogP contribution in [0, 0.1) is 5.41 Å². The first kappa shape index (κ1) is 15.9. The summed E-state index contributed by atoms with van der Waals surface area (Å²) in [6.45, 7) is 8.50. The zero-order chi connectivity index (χ0) is 14.3. The number of rotatable bonds is 8. The number of nitrogens with one attached hydrogen (secondary N) is 2. The maximum absolute atomic E-state index is 5.86. The van der Waals surface area contributed by atoms with Crippen molar-refractivity contribution in [3.8, 4) is 0 Å². The SMILES string of the molecule is CCNc1nc(Cl)nc(NCC(C)(C)CCOC)n1. The van der Waals surface area contributed by atoms with Gasteiger partial charge >= 0.3 is 0 Å². The van der Waals surface area contributed by atoms with Crippen LogP contribution in [0.15, 0.2) is 0 Å². The Hall–Kier alpha value is -1.14. The molecule has 0 aliphatic heterocycles. The zero-order valence-electron chi connectivity index (χ0n) is 12.0. The molecule has 0 unspecified atom stereocenters. The van der Waals surface area contributed by atoms with E-state index in [4.69, 9.17) is 16.3 Å². The number of anilines is 2. The van der Waals surface area contributed by atoms with Gasteiger partial charge in [0.15, 0.2) is 0 Å². The van der Waals surface area contributed by atoms with Crippen LogP contribution in [0.25, 0.3) is 0 Å². The molecule has 6 nitrogen and oxygen atoms in total. The normalized spacial score (nSPS) is 11.4. The van der Waals surface area contributed by atoms with Gasteiger partial charge in [0.1, 0.15) is 0 Å². The Morgan fingerprint density at radius 2 is 1.79 bits per heavy atom. The van der Waals surface area contributed by atoms with Crippen LogP contribution in [-0.4, -0.2) is 41.8 Å². The van der Waals surface area contributed by atoms with E-state index >= 15 is 0 Å². The predicted octanol–water partition coefficient (Wildman–Crippen LogP) is 2.43. The first-order chi connectivity index (χ1) is 8.96. The van der Waals surface area contributed by atoms with Crippen molar-refractivity contribution in [1.29, 1.82) is 0 Å². The second-order valence-corrected chi connectivity index (χ2v) is 5.38. The minimum atomic E-state index is 0.0907. The van der Waals surface area contributed by atoms with Gasteiger partial charge in [-0.05, 0) is 30.4 Å². The van der Waals surface area contributed by atoms with Gasteiger partial charge < -0.3 is 15.4 Å². The lowest BCUT2D eigenvalue weighted by atomic mass is 9.90. The maximum Gasteiger partial charge on any atom is 0.228 e. The number of hydrogen-bond donors (Lipinski definition) is 2. The van der Waals surface area contributed by atoms with Gasteiger partial charge in [-0.25, -0.2) is 0 Å². The quantitative estimate of drug-likeness (QED) is 0.765. The van der Waals surface area contributed by atoms with Gasteiger partial charge in [-0.15, -0.1) is 0 Å². The third kappa shape index (κ3) is 6.02. The Kier molecular flexibility index (Phi) is 6.24. The summed E-state index contributed by atoms with van der Waals surface area (Å²) in [6.07, 6.45) is 0.954. The molecule has 0 saturated carbocycles. The Morgan fingerprint density at radius 1 is 1.16 bits per heavy atom. The predicted molar refractivity (Wildman–Crippen MR) is 77.8 cm³/mol. The molecule has 108 valence electrons. The molecule has 1 aromatic rings. The van der Waals surface area contributed by atoms with E-state index < -0.39 is 0 Å². The van der Waals surface area contributed by atoms with Crippen LogP contribution in [0.4, 0.5) is 11.9 Å². The van der Waals surface area contributed by atoms with Crippen molar-refractivity contribution in [2.45, 2.75) is 27.2 Å². The Morgan fingerprint density at radius 3 is 2.37 bits per heavy atom. The van der Waals surface area contributed by atoms with E-state index in [9.17, 15) is 0 Å². The molecular formula is C12H22ClN5O. The smallest absolute Gasteiger partial charge is 0.228 e. The summed E-state index contributed by atoms with van der Waals surface area (Å²) in [5, 5.41) is 6.39. The van der Waals surface area contributed by atoms with Crippen LogP contribution in [-0.2, 0) is 4.74 Å². The van der Waals surface area contributed by atoms with Gasteiger partial charge in [0.2, 0.25) is 17.2 Å². The van der Waals surface area contributed by atoms with E-state index in [2.05, 4.69) is 39.4 Å². The first-order valence-corrected chi connectivity index (χ1v) is 6.73. The van der Waals surface area contributed by atoms with Crippen LogP contribution >= 0.6 is 11.6 Å². The molecule has 0 aliphatic rings. The van der Waals surface area contributed by atoms with Crippen LogP contribution < -0.4 is 10.6 Å². The molecule has 1 heterocycles. The van der Waals surface area contributed by atoms with E-state index in [0.29, 0.717) is 11.9 Å². The Labute approximate surface area is 119 Å². The largest absolute Gasteiger partial charge is 0.385 e. The van der Waals surface area contributed by atoms with Crippen LogP contribution in [0.1, 0.15) is 27.2 Å². The highest BCUT2D eigenvalue weighted by Crippen LogP contribution is 2.20. The summed E-state index contributed by atoms with van der Waals surface area (Å²) in [5.74, 6) is 0.973. The highest BCUT2D eigenvalue weighted by Gasteiger charge is 2.18. The number of halogens is 1. The van der Waals surface area contributed by atoms with Gasteiger partial charge in [0, 0.05) is 26.8 Å². The van der Waals surface area contributed by atoms with E-state index in [0.717, 1.165) is 26.1 Å². The molecule has 0 atom stereocenters. The minimum absolute atomic E-state index is 0.0907. The summed E-state index contributed by atoms with van der Waals surface area (Å²) < 4.78 is 5.10. The van der Waals surface area contributed by atoms with Crippen molar-refractivity contribution in [2.75, 3.05) is 37.4 Å². The van der Waals surface area contributed by atoms with Gasteiger partial charge in [-0.1, -0.05) is 13.8 Å². The second-order valence-electron chi connectivity index (χ2n) is 5.04. The van der Waals surface area contributed by atoms with Gasteiger partial charge in [-0.2, -0.15) is 15.0 Å². The lowest BCUT2D eigenvalue weighted by molar-refractivity contribution is 0.157. The third-order valence-corrected chi connectivity index (χ3v) is 2.82. The molecule has 0 aromatic carbocycles. The number of aromatic nitrogens is 3. The van der Waals surface area contributed by atoms with Crippen molar-refractivity contribution in [1.82, 2.24) is 15.0 Å². The van der Waals surface area contributed by atoms with Gasteiger partial charge in [0.25, 0.3) is 0 Å². The molecular weight excluding hydrogens is 266 g/mol. The monoisotopic (exact) mass is 287 g/mol. The molecule has 1 aromatic heterocycles. The van der Waals surface area contributed by atoms with Gasteiger partial charge in [0.05, 0.1) is 0 Å². The van der Waals surface area contributed by atoms with Crippen LogP contribution in [0.2, 0.25) is 5.28 Å². The third-order valence-electron chi connectivity index (χ3n) is 2.65. The van der Waals surface area contributed by atoms with Crippen molar-refractivity contribution >= 4 is 23.5 Å². The number of methoxy groups -OCH3 is 1. The van der Waals surface area contributed by atoms with Crippen molar-refractivity contribution < 1.29 is 4.74 Å². The molecule has 0 fully saturated rings. The number of nitrogens with zero attached hydrogens (tertiary/aromatic N) is 3. The topological polar surface area (TPSA) is 72.0 Å². The number of hydrogen-bond acceptors (Lipinski definition) is 6. The molecule has 0 bridgehead atoms. The average molecular weight is 288 g/mol. The maximum atomic E-state index is 5.86. The highest BCUT2D eigenvalue weighted by molar-refractivity contribution is 6.28. The van der Waals surface area contributed by atoms with Crippen LogP contribution in [0.3, 0.4) is 0 Å². The summed E-state index contributed by atoms with van der Waals surface area (Å²) >= 11 is 5.86. The Balaban J connectivity index is 2.61. The van der Waals surface area contributed by atoms with Crippen molar-refractivity contribution in [3.05, 3.63) is 5.28 Å². The molecule has 0 spiro atoms. The van der Waals surface area contributed by atoms with E-state index in [1.807, 2.05) is 6.92 Å². The van der Waals surface area contributed by atoms with Crippen LogP contribution in [0.5, 0.6) is 0 Å². The van der Waals surface area contributed by atoms with E-state index in [1.165, 1.54) is 0 Å². The summed E-state index contributed by atoms with van der Waals surface area (Å²) in [7, 11) is 1.71. The molecule has 19 heavy (non-hydrogen) atoms.